The Hall–Kier alpha value is -1.46. The molecule has 1 atom stereocenters. The number of hydrogen-bond acceptors (Lipinski definition) is 4. The summed E-state index contributed by atoms with van der Waals surface area (Å²) in [6.07, 6.45) is 0. The molecule has 0 saturated carbocycles. The van der Waals surface area contributed by atoms with Crippen LogP contribution in [0.5, 0.6) is 0 Å². The molecule has 0 aliphatic carbocycles. The molecule has 1 aromatic rings. The van der Waals surface area contributed by atoms with Crippen LogP contribution >= 0.6 is 0 Å². The zero-order valence-electron chi connectivity index (χ0n) is 7.80. The van der Waals surface area contributed by atoms with Crippen LogP contribution in [0.2, 0.25) is 0 Å². The molecule has 5 heteroatoms. The number of nitrogens with two attached hydrogens (primary N) is 1. The van der Waals surface area contributed by atoms with E-state index in [4.69, 9.17) is 10.8 Å². The van der Waals surface area contributed by atoms with Gasteiger partial charge in [0, 0.05) is 12.1 Å². The minimum absolute atomic E-state index is 0.0207. The van der Waals surface area contributed by atoms with Crippen LogP contribution in [0.3, 0.4) is 0 Å². The summed E-state index contributed by atoms with van der Waals surface area (Å²) >= 11 is 0. The first-order valence-electron chi connectivity index (χ1n) is 4.12. The van der Waals surface area contributed by atoms with Crippen molar-refractivity contribution in [2.24, 2.45) is 5.73 Å². The van der Waals surface area contributed by atoms with Crippen molar-refractivity contribution in [3.63, 3.8) is 0 Å². The molecule has 0 aromatic heterocycles. The van der Waals surface area contributed by atoms with Crippen molar-refractivity contribution in [2.45, 2.75) is 12.5 Å². The van der Waals surface area contributed by atoms with E-state index in [0.29, 0.717) is 5.56 Å². The number of aliphatic hydroxyl groups is 1. The van der Waals surface area contributed by atoms with Crippen molar-refractivity contribution in [3.05, 3.63) is 39.9 Å². The summed E-state index contributed by atoms with van der Waals surface area (Å²) in [5.41, 5.74) is 5.32. The van der Waals surface area contributed by atoms with E-state index in [1.807, 2.05) is 0 Å². The van der Waals surface area contributed by atoms with Crippen LogP contribution in [0.15, 0.2) is 24.3 Å². The quantitative estimate of drug-likeness (QED) is 0.551. The normalized spacial score (nSPS) is 14.8. The second-order valence-corrected chi connectivity index (χ2v) is 3.38. The van der Waals surface area contributed by atoms with Crippen LogP contribution in [0, 0.1) is 10.1 Å². The number of nitro groups is 1. The Morgan fingerprint density at radius 3 is 2.79 bits per heavy atom. The number of rotatable bonds is 3. The molecule has 0 aliphatic heterocycles. The minimum Gasteiger partial charge on any atom is -0.394 e. The molecule has 0 heterocycles. The fraction of sp³-hybridized carbons (Fsp3) is 0.333. The highest BCUT2D eigenvalue weighted by Crippen LogP contribution is 2.21. The monoisotopic (exact) mass is 196 g/mol. The van der Waals surface area contributed by atoms with Gasteiger partial charge in [0.1, 0.15) is 0 Å². The summed E-state index contributed by atoms with van der Waals surface area (Å²) in [5, 5.41) is 19.5. The van der Waals surface area contributed by atoms with Crippen LogP contribution in [-0.2, 0) is 5.54 Å². The van der Waals surface area contributed by atoms with Crippen molar-refractivity contribution in [1.29, 1.82) is 0 Å². The number of benzene rings is 1. The average molecular weight is 196 g/mol. The summed E-state index contributed by atoms with van der Waals surface area (Å²) in [6, 6.07) is 5.96. The van der Waals surface area contributed by atoms with Gasteiger partial charge >= 0.3 is 0 Å². The lowest BCUT2D eigenvalue weighted by Gasteiger charge is -2.21. The number of aliphatic hydroxyl groups excluding tert-OH is 1. The Kier molecular flexibility index (Phi) is 2.83. The molecule has 0 fully saturated rings. The van der Waals surface area contributed by atoms with Crippen LogP contribution in [0.25, 0.3) is 0 Å². The van der Waals surface area contributed by atoms with Gasteiger partial charge in [0.25, 0.3) is 5.69 Å². The van der Waals surface area contributed by atoms with E-state index in [1.54, 1.807) is 19.1 Å². The number of non-ortho nitro benzene ring substituents is 1. The molecular weight excluding hydrogens is 184 g/mol. The Balaban J connectivity index is 3.12. The van der Waals surface area contributed by atoms with Gasteiger partial charge in [-0.1, -0.05) is 12.1 Å². The maximum absolute atomic E-state index is 10.5. The van der Waals surface area contributed by atoms with E-state index < -0.39 is 10.5 Å². The molecule has 1 rings (SSSR count). The van der Waals surface area contributed by atoms with Gasteiger partial charge < -0.3 is 10.8 Å². The van der Waals surface area contributed by atoms with Crippen molar-refractivity contribution >= 4 is 5.69 Å². The zero-order chi connectivity index (χ0) is 10.8. The molecule has 0 amide bonds. The van der Waals surface area contributed by atoms with E-state index in [0.717, 1.165) is 0 Å². The highest BCUT2D eigenvalue weighted by molar-refractivity contribution is 5.37. The molecular formula is C9H12N2O3. The lowest BCUT2D eigenvalue weighted by atomic mass is 9.94. The first-order valence-corrected chi connectivity index (χ1v) is 4.12. The lowest BCUT2D eigenvalue weighted by molar-refractivity contribution is -0.385. The molecule has 0 bridgehead atoms. The van der Waals surface area contributed by atoms with E-state index in [1.165, 1.54) is 12.1 Å². The number of nitrogens with zero attached hydrogens (tertiary/aromatic N) is 1. The van der Waals surface area contributed by atoms with Crippen molar-refractivity contribution in [1.82, 2.24) is 0 Å². The van der Waals surface area contributed by atoms with Gasteiger partial charge in [0.2, 0.25) is 0 Å². The van der Waals surface area contributed by atoms with E-state index in [-0.39, 0.29) is 12.3 Å². The number of hydrogen-bond donors (Lipinski definition) is 2. The van der Waals surface area contributed by atoms with Gasteiger partial charge in [-0.3, -0.25) is 10.1 Å². The van der Waals surface area contributed by atoms with E-state index >= 15 is 0 Å². The second-order valence-electron chi connectivity index (χ2n) is 3.38. The van der Waals surface area contributed by atoms with Gasteiger partial charge in [-0.2, -0.15) is 0 Å². The van der Waals surface area contributed by atoms with Gasteiger partial charge in [-0.25, -0.2) is 0 Å². The standard InChI is InChI=1S/C9H12N2O3/c1-9(10,6-12)7-3-2-4-8(5-7)11(13)14/h2-5,12H,6,10H2,1H3/t9-/m0/s1. The SMILES string of the molecule is C[C@](N)(CO)c1cccc([N+](=O)[O-])c1. The maximum atomic E-state index is 10.5. The van der Waals surface area contributed by atoms with Gasteiger partial charge in [0.15, 0.2) is 0 Å². The topological polar surface area (TPSA) is 89.4 Å². The van der Waals surface area contributed by atoms with Crippen LogP contribution in [0.1, 0.15) is 12.5 Å². The highest BCUT2D eigenvalue weighted by Gasteiger charge is 2.21. The fourth-order valence-corrected chi connectivity index (χ4v) is 1.07. The molecule has 0 spiro atoms. The van der Waals surface area contributed by atoms with Gasteiger partial charge in [-0.05, 0) is 12.5 Å². The molecule has 3 N–H and O–H groups in total. The third-order valence-corrected chi connectivity index (χ3v) is 2.04. The molecule has 0 radical (unpaired) electrons. The van der Waals surface area contributed by atoms with Crippen molar-refractivity contribution in [3.8, 4) is 0 Å². The third kappa shape index (κ3) is 2.07. The van der Waals surface area contributed by atoms with Gasteiger partial charge in [0.05, 0.1) is 17.1 Å². The van der Waals surface area contributed by atoms with Crippen molar-refractivity contribution < 1.29 is 10.0 Å². The Bertz CT molecular complexity index is 350. The smallest absolute Gasteiger partial charge is 0.269 e. The molecule has 0 unspecified atom stereocenters. The first kappa shape index (κ1) is 10.6. The molecule has 0 aliphatic rings. The predicted molar refractivity (Wildman–Crippen MR) is 51.7 cm³/mol. The Morgan fingerprint density at radius 1 is 1.64 bits per heavy atom. The van der Waals surface area contributed by atoms with Crippen LogP contribution in [0.4, 0.5) is 5.69 Å². The van der Waals surface area contributed by atoms with Gasteiger partial charge in [-0.15, -0.1) is 0 Å². The summed E-state index contributed by atoms with van der Waals surface area (Å²) in [6.45, 7) is 1.36. The van der Waals surface area contributed by atoms with Crippen LogP contribution < -0.4 is 5.73 Å². The predicted octanol–water partition coefficient (Wildman–Crippen LogP) is 0.761. The molecule has 0 saturated heterocycles. The van der Waals surface area contributed by atoms with Crippen LogP contribution in [-0.4, -0.2) is 16.6 Å². The molecule has 14 heavy (non-hydrogen) atoms. The zero-order valence-corrected chi connectivity index (χ0v) is 7.80. The summed E-state index contributed by atoms with van der Waals surface area (Å²) < 4.78 is 0. The first-order chi connectivity index (χ1) is 6.47. The van der Waals surface area contributed by atoms with E-state index in [9.17, 15) is 10.1 Å². The average Bonchev–Trinajstić information content (AvgIpc) is 2.18. The molecule has 1 aromatic carbocycles. The molecule has 76 valence electrons. The van der Waals surface area contributed by atoms with E-state index in [2.05, 4.69) is 0 Å². The highest BCUT2D eigenvalue weighted by atomic mass is 16.6. The van der Waals surface area contributed by atoms with Crippen molar-refractivity contribution in [2.75, 3.05) is 6.61 Å². The minimum atomic E-state index is -0.938. The molecule has 5 nitrogen and oxygen atoms in total. The summed E-state index contributed by atoms with van der Waals surface area (Å²) in [4.78, 5) is 9.98. The summed E-state index contributed by atoms with van der Waals surface area (Å²) in [5.74, 6) is 0. The maximum Gasteiger partial charge on any atom is 0.269 e. The Morgan fingerprint density at radius 2 is 2.29 bits per heavy atom. The number of nitro benzene ring substituents is 1. The largest absolute Gasteiger partial charge is 0.394 e. The fourth-order valence-electron chi connectivity index (χ4n) is 1.07. The Labute approximate surface area is 81.3 Å². The lowest BCUT2D eigenvalue weighted by Crippen LogP contribution is -2.36. The second kappa shape index (κ2) is 3.73. The third-order valence-electron chi connectivity index (χ3n) is 2.04. The summed E-state index contributed by atoms with van der Waals surface area (Å²) in [7, 11) is 0.